The molecule has 0 spiro atoms. The topological polar surface area (TPSA) is 116 Å². The number of rotatable bonds is 15. The van der Waals surface area contributed by atoms with Gasteiger partial charge in [0.1, 0.15) is 24.3 Å². The summed E-state index contributed by atoms with van der Waals surface area (Å²) in [4.78, 5) is 31.5. The monoisotopic (exact) mass is 641 g/mol. The second-order valence-electron chi connectivity index (χ2n) is 13.6. The van der Waals surface area contributed by atoms with Crippen LogP contribution in [-0.2, 0) is 22.8 Å². The molecule has 2 fully saturated rings. The smallest absolute Gasteiger partial charge is 0.270 e. The molecule has 0 saturated heterocycles. The van der Waals surface area contributed by atoms with Crippen molar-refractivity contribution in [1.82, 2.24) is 29.9 Å². The first-order valence-corrected chi connectivity index (χ1v) is 19.6. The molecule has 3 aromatic rings. The number of nitrogens with one attached hydrogen (secondary N) is 2. The van der Waals surface area contributed by atoms with Gasteiger partial charge in [0.2, 0.25) is 5.91 Å². The van der Waals surface area contributed by atoms with E-state index < -0.39 is 26.4 Å². The molecule has 2 aliphatic rings. The first-order valence-electron chi connectivity index (χ1n) is 15.9. The van der Waals surface area contributed by atoms with Crippen LogP contribution in [0.3, 0.4) is 0 Å². The number of carbonyl (C=O) groups excluding carboxylic acids is 2. The van der Waals surface area contributed by atoms with Crippen molar-refractivity contribution in [3.8, 4) is 11.1 Å². The number of alkyl halides is 2. The molecule has 13 heteroatoms. The lowest BCUT2D eigenvalue weighted by molar-refractivity contribution is -0.119. The Balaban J connectivity index is 1.37. The van der Waals surface area contributed by atoms with Gasteiger partial charge in [0, 0.05) is 56.0 Å². The molecule has 0 unspecified atom stereocenters. The highest BCUT2D eigenvalue weighted by Gasteiger charge is 2.48. The van der Waals surface area contributed by atoms with Gasteiger partial charge in [0.25, 0.3) is 12.3 Å². The summed E-state index contributed by atoms with van der Waals surface area (Å²) in [5, 5.41) is 14.5. The minimum absolute atomic E-state index is 0.0135. The number of hydrogen-bond donors (Lipinski definition) is 2. The Hall–Kier alpha value is -3.45. The Morgan fingerprint density at radius 3 is 2.40 bits per heavy atom. The highest BCUT2D eigenvalue weighted by atomic mass is 28.3. The molecule has 2 amide bonds. The molecule has 2 saturated carbocycles. The second-order valence-corrected chi connectivity index (χ2v) is 19.2. The Morgan fingerprint density at radius 2 is 1.80 bits per heavy atom. The van der Waals surface area contributed by atoms with E-state index in [0.29, 0.717) is 47.6 Å². The van der Waals surface area contributed by atoms with E-state index in [4.69, 9.17) is 4.74 Å². The zero-order chi connectivity index (χ0) is 32.5. The molecule has 10 nitrogen and oxygen atoms in total. The van der Waals surface area contributed by atoms with E-state index in [1.807, 2.05) is 13.8 Å². The number of hydrogen-bond acceptors (Lipinski definition) is 6. The molecule has 0 bridgehead atoms. The van der Waals surface area contributed by atoms with Crippen LogP contribution in [0.4, 0.5) is 14.6 Å². The molecule has 244 valence electrons. The maximum atomic E-state index is 14.5. The van der Waals surface area contributed by atoms with Crippen LogP contribution in [0.2, 0.25) is 25.7 Å². The van der Waals surface area contributed by atoms with Crippen LogP contribution in [0, 0.1) is 31.6 Å². The van der Waals surface area contributed by atoms with Gasteiger partial charge in [-0.15, -0.1) is 0 Å². The van der Waals surface area contributed by atoms with E-state index in [-0.39, 0.29) is 35.5 Å². The van der Waals surface area contributed by atoms with Gasteiger partial charge in [-0.05, 0) is 82.4 Å². The Kier molecular flexibility index (Phi) is 9.87. The summed E-state index contributed by atoms with van der Waals surface area (Å²) in [5.74, 6) is -0.155. The highest BCUT2D eigenvalue weighted by Crippen LogP contribution is 2.51. The van der Waals surface area contributed by atoms with Gasteiger partial charge < -0.3 is 15.4 Å². The van der Waals surface area contributed by atoms with Gasteiger partial charge >= 0.3 is 0 Å². The van der Waals surface area contributed by atoms with Crippen molar-refractivity contribution in [2.45, 2.75) is 97.9 Å². The number of ether oxygens (including phenoxy) is 1. The molecule has 5 rings (SSSR count). The third-order valence-corrected chi connectivity index (χ3v) is 10.5. The molecule has 0 radical (unpaired) electrons. The first-order chi connectivity index (χ1) is 21.4. The number of aromatic nitrogens is 5. The van der Waals surface area contributed by atoms with Crippen molar-refractivity contribution in [2.75, 3.05) is 11.9 Å². The Bertz CT molecular complexity index is 1510. The van der Waals surface area contributed by atoms with Crippen LogP contribution in [0.5, 0.6) is 0 Å². The van der Waals surface area contributed by atoms with Crippen LogP contribution in [0.1, 0.15) is 66.5 Å². The average Bonchev–Trinajstić information content (AvgIpc) is 3.92. The van der Waals surface area contributed by atoms with Crippen molar-refractivity contribution < 1.29 is 23.1 Å². The van der Waals surface area contributed by atoms with E-state index in [1.54, 1.807) is 28.6 Å². The fourth-order valence-corrected chi connectivity index (χ4v) is 6.85. The minimum Gasteiger partial charge on any atom is -0.360 e. The Morgan fingerprint density at radius 1 is 1.11 bits per heavy atom. The van der Waals surface area contributed by atoms with Gasteiger partial charge in [-0.3, -0.25) is 14.3 Å². The summed E-state index contributed by atoms with van der Waals surface area (Å²) in [6.07, 6.45) is 4.13. The number of pyridine rings is 1. The summed E-state index contributed by atoms with van der Waals surface area (Å²) in [5.41, 5.74) is 2.25. The third kappa shape index (κ3) is 7.86. The fraction of sp³-hybridized carbons (Fsp3) is 0.594. The van der Waals surface area contributed by atoms with Crippen molar-refractivity contribution in [3.63, 3.8) is 0 Å². The largest absolute Gasteiger partial charge is 0.360 e. The van der Waals surface area contributed by atoms with Crippen molar-refractivity contribution in [1.29, 1.82) is 0 Å². The van der Waals surface area contributed by atoms with E-state index in [0.717, 1.165) is 31.7 Å². The molecule has 0 aromatic carbocycles. The molecule has 2 N–H and O–H groups in total. The van der Waals surface area contributed by atoms with Gasteiger partial charge in [0.15, 0.2) is 0 Å². The predicted molar refractivity (Wildman–Crippen MR) is 171 cm³/mol. The first kappa shape index (κ1) is 32.9. The van der Waals surface area contributed by atoms with E-state index >= 15 is 0 Å². The van der Waals surface area contributed by atoms with E-state index in [1.165, 1.54) is 12.3 Å². The number of nitrogens with zero attached hydrogens (tertiary/aromatic N) is 5. The van der Waals surface area contributed by atoms with E-state index in [9.17, 15) is 18.4 Å². The molecular weight excluding hydrogens is 596 g/mol. The van der Waals surface area contributed by atoms with Crippen molar-refractivity contribution >= 4 is 25.7 Å². The summed E-state index contributed by atoms with van der Waals surface area (Å²) in [6, 6.07) is 3.05. The number of halogens is 2. The summed E-state index contributed by atoms with van der Waals surface area (Å²) in [7, 11) is -1.25. The van der Waals surface area contributed by atoms with E-state index in [2.05, 4.69) is 45.5 Å². The van der Waals surface area contributed by atoms with Crippen molar-refractivity contribution in [3.05, 3.63) is 47.2 Å². The maximum absolute atomic E-state index is 14.5. The molecular formula is C32H45F2N7O3Si. The highest BCUT2D eigenvalue weighted by molar-refractivity contribution is 6.76. The van der Waals surface area contributed by atoms with Crippen LogP contribution in [0.15, 0.2) is 24.5 Å². The SMILES string of the molecule is CCn1nccc1C(=O)N[C@H](C(=O)Nc1cc(C(F)F)c(-c2c(C)nn(COCC[Si](C)(C)C)c2C)cn1)C(C1CC1)C1CC1. The molecule has 3 aromatic heterocycles. The number of carbonyl (C=O) groups is 2. The lowest BCUT2D eigenvalue weighted by Crippen LogP contribution is -2.50. The minimum atomic E-state index is -2.82. The average molecular weight is 642 g/mol. The molecule has 45 heavy (non-hydrogen) atoms. The van der Waals surface area contributed by atoms with Crippen LogP contribution in [-0.4, -0.2) is 57.1 Å². The zero-order valence-electron chi connectivity index (χ0n) is 27.1. The standard InChI is InChI=1S/C32H45F2N7O3Si/c1-7-40-25(12-13-36-40)31(42)38-29(28(21-8-9-21)22-10-11-22)32(43)37-26-16-23(30(33)34)24(17-35-26)27-19(2)39-41(20(27)3)18-44-14-15-45(4,5)6/h12-13,16-17,21-22,28-30H,7-11,14-15,18H2,1-6H3,(H,38,42)(H,35,37,43)/t29-/m0/s1. The molecule has 3 heterocycles. The summed E-state index contributed by atoms with van der Waals surface area (Å²) >= 11 is 0. The zero-order valence-corrected chi connectivity index (χ0v) is 28.1. The number of anilines is 1. The molecule has 1 atom stereocenters. The maximum Gasteiger partial charge on any atom is 0.270 e. The van der Waals surface area contributed by atoms with Crippen LogP contribution in [0.25, 0.3) is 11.1 Å². The fourth-order valence-electron chi connectivity index (χ4n) is 6.10. The quantitative estimate of drug-likeness (QED) is 0.151. The van der Waals surface area contributed by atoms with Crippen LogP contribution < -0.4 is 10.6 Å². The summed E-state index contributed by atoms with van der Waals surface area (Å²) in [6.45, 7) is 13.7. The number of aryl methyl sites for hydroxylation is 2. The third-order valence-electron chi connectivity index (χ3n) is 8.82. The second kappa shape index (κ2) is 13.5. The normalized spacial score (nSPS) is 16.0. The van der Waals surface area contributed by atoms with Gasteiger partial charge in [0.05, 0.1) is 5.69 Å². The van der Waals surface area contributed by atoms with Gasteiger partial charge in [-0.25, -0.2) is 18.4 Å². The molecule has 2 aliphatic carbocycles. The molecule has 0 aliphatic heterocycles. The Labute approximate surface area is 264 Å². The van der Waals surface area contributed by atoms with Gasteiger partial charge in [-0.1, -0.05) is 19.6 Å². The number of amides is 2. The lowest BCUT2D eigenvalue weighted by atomic mass is 9.88. The summed E-state index contributed by atoms with van der Waals surface area (Å²) < 4.78 is 38.2. The predicted octanol–water partition coefficient (Wildman–Crippen LogP) is 6.20. The van der Waals surface area contributed by atoms with Crippen molar-refractivity contribution in [2.24, 2.45) is 17.8 Å². The lowest BCUT2D eigenvalue weighted by Gasteiger charge is -2.27. The van der Waals surface area contributed by atoms with Crippen LogP contribution >= 0.6 is 0 Å². The van der Waals surface area contributed by atoms with Gasteiger partial charge in [-0.2, -0.15) is 10.2 Å².